The van der Waals surface area contributed by atoms with Crippen LogP contribution in [0.1, 0.15) is 123 Å². The number of hydrogen-bond acceptors (Lipinski definition) is 10. The minimum absolute atomic E-state index is 0.0356. The maximum atomic E-state index is 15.9. The number of Topliss-reactive ketones (excluding diaryl/α,β-unsaturated/α-hetero) is 3. The van der Waals surface area contributed by atoms with Gasteiger partial charge in [0.25, 0.3) is 0 Å². The van der Waals surface area contributed by atoms with E-state index in [4.69, 9.17) is 13.1 Å². The summed E-state index contributed by atoms with van der Waals surface area (Å²) < 4.78 is 73.1. The quantitative estimate of drug-likeness (QED) is 0.0503. The predicted octanol–water partition coefficient (Wildman–Crippen LogP) is 11.3. The van der Waals surface area contributed by atoms with Crippen LogP contribution in [0.5, 0.6) is 11.5 Å². The van der Waals surface area contributed by atoms with Crippen LogP contribution in [0.2, 0.25) is 0 Å². The molecule has 0 unspecified atom stereocenters. The molecule has 3 aromatic rings. The lowest BCUT2D eigenvalue weighted by molar-refractivity contribution is -0.188. The molecule has 0 N–H and O–H groups in total. The summed E-state index contributed by atoms with van der Waals surface area (Å²) in [4.78, 5) is 46.8. The molecule has 3 aliphatic rings. The molecule has 3 aromatic carbocycles. The third-order valence-electron chi connectivity index (χ3n) is 13.6. The summed E-state index contributed by atoms with van der Waals surface area (Å²) >= 11 is 0. The highest BCUT2D eigenvalue weighted by Crippen LogP contribution is 2.69. The Labute approximate surface area is 380 Å². The average Bonchev–Trinajstić information content (AvgIpc) is 3.19. The number of ketones is 3. The fraction of sp³-hybridized carbons (Fsp3) is 0.442. The normalized spacial score (nSPS) is 23.6. The molecular weight excluding hydrogens is 849 g/mol. The highest BCUT2D eigenvalue weighted by Gasteiger charge is 2.74. The van der Waals surface area contributed by atoms with Crippen LogP contribution in [0.4, 0.5) is 0 Å². The Balaban J connectivity index is 1.61. The Kier molecular flexibility index (Phi) is 13.1. The van der Waals surface area contributed by atoms with Crippen molar-refractivity contribution >= 4 is 37.6 Å². The van der Waals surface area contributed by atoms with E-state index in [9.17, 15) is 16.8 Å². The van der Waals surface area contributed by atoms with Crippen LogP contribution in [-0.2, 0) is 34.6 Å². The number of ether oxygens (including phenoxy) is 1. The minimum atomic E-state index is -4.64. The van der Waals surface area contributed by atoms with E-state index in [1.807, 2.05) is 75.3 Å². The van der Waals surface area contributed by atoms with Crippen LogP contribution >= 0.6 is 0 Å². The molecule has 0 amide bonds. The van der Waals surface area contributed by atoms with Gasteiger partial charge in [-0.2, -0.15) is 16.8 Å². The van der Waals surface area contributed by atoms with Gasteiger partial charge < -0.3 is 13.1 Å². The molecule has 12 heteroatoms. The molecule has 1 heterocycles. The average molecular weight is 911 g/mol. The molecular formula is C52H62O10S2. The van der Waals surface area contributed by atoms with Crippen molar-refractivity contribution < 1.29 is 44.3 Å². The van der Waals surface area contributed by atoms with Crippen LogP contribution in [0.3, 0.4) is 0 Å². The molecule has 1 aliphatic heterocycles. The van der Waals surface area contributed by atoms with Crippen molar-refractivity contribution in [3.63, 3.8) is 0 Å². The lowest BCUT2D eigenvalue weighted by Gasteiger charge is -2.64. The van der Waals surface area contributed by atoms with E-state index in [1.54, 1.807) is 38.1 Å². The van der Waals surface area contributed by atoms with E-state index >= 15 is 14.4 Å². The zero-order valence-corrected chi connectivity index (χ0v) is 40.8. The molecule has 1 saturated heterocycles. The molecule has 2 fully saturated rings. The first-order valence-corrected chi connectivity index (χ1v) is 24.6. The van der Waals surface area contributed by atoms with Gasteiger partial charge in [-0.05, 0) is 155 Å². The maximum Gasteiger partial charge on any atom is 0.339 e. The van der Waals surface area contributed by atoms with Gasteiger partial charge in [-0.1, -0.05) is 84.2 Å². The van der Waals surface area contributed by atoms with E-state index in [1.165, 1.54) is 30.3 Å². The molecule has 6 rings (SSSR count). The Morgan fingerprint density at radius 2 is 1.14 bits per heavy atom. The smallest absolute Gasteiger partial charge is 0.339 e. The number of hydrogen-bond donors (Lipinski definition) is 0. The topological polar surface area (TPSA) is 147 Å². The highest BCUT2D eigenvalue weighted by atomic mass is 32.2. The largest absolute Gasteiger partial charge is 0.490 e. The van der Waals surface area contributed by atoms with Gasteiger partial charge in [0.05, 0.1) is 5.41 Å². The summed E-state index contributed by atoms with van der Waals surface area (Å²) in [5, 5.41) is 0. The van der Waals surface area contributed by atoms with Crippen LogP contribution in [0, 0.1) is 41.9 Å². The molecule has 0 radical (unpaired) electrons. The molecule has 1 saturated carbocycles. The second-order valence-electron chi connectivity index (χ2n) is 19.8. The second kappa shape index (κ2) is 17.4. The van der Waals surface area contributed by atoms with Gasteiger partial charge in [0.1, 0.15) is 32.1 Å². The predicted molar refractivity (Wildman–Crippen MR) is 248 cm³/mol. The van der Waals surface area contributed by atoms with Gasteiger partial charge in [0.15, 0.2) is 28.8 Å². The van der Waals surface area contributed by atoms with Crippen LogP contribution in [0.15, 0.2) is 123 Å². The first-order valence-electron chi connectivity index (χ1n) is 21.8. The molecule has 342 valence electrons. The molecule has 4 atom stereocenters. The lowest BCUT2D eigenvalue weighted by atomic mass is 9.39. The number of fused-ring (bicyclic) bond motifs is 1. The van der Waals surface area contributed by atoms with E-state index < -0.39 is 65.1 Å². The molecule has 2 bridgehead atoms. The maximum absolute atomic E-state index is 15.9. The SMILES string of the molecule is CC(C)=CC[C@H]1C[C@@]23C[C@@H](CC=C(C)C)C(C)(C)[C@@](CC=C(C)C)(C(=O)C(C(=O)c4ccc(OS(=O)(=O)c5ccc(C)cc5)c(OS(=O)(=O)c5ccc(C)cc5)c4)=C2OC1(C)C)C3=O. The van der Waals surface area contributed by atoms with Crippen molar-refractivity contribution in [2.75, 3.05) is 0 Å². The van der Waals surface area contributed by atoms with Crippen molar-refractivity contribution in [3.8, 4) is 11.5 Å². The molecule has 1 spiro atoms. The minimum Gasteiger partial charge on any atom is -0.490 e. The molecule has 2 aliphatic carbocycles. The van der Waals surface area contributed by atoms with Crippen molar-refractivity contribution in [2.45, 2.75) is 131 Å². The summed E-state index contributed by atoms with van der Waals surface area (Å²) in [6.45, 7) is 23.2. The number of rotatable bonds is 14. The van der Waals surface area contributed by atoms with Gasteiger partial charge >= 0.3 is 20.2 Å². The summed E-state index contributed by atoms with van der Waals surface area (Å²) in [5.41, 5.74) is -0.644. The second-order valence-corrected chi connectivity index (χ2v) is 22.9. The van der Waals surface area contributed by atoms with Crippen LogP contribution in [-0.4, -0.2) is 39.8 Å². The van der Waals surface area contributed by atoms with Crippen LogP contribution < -0.4 is 8.37 Å². The van der Waals surface area contributed by atoms with Crippen molar-refractivity contribution in [1.82, 2.24) is 0 Å². The lowest BCUT2D eigenvalue weighted by Crippen LogP contribution is -2.69. The Morgan fingerprint density at radius 1 is 0.672 bits per heavy atom. The summed E-state index contributed by atoms with van der Waals surface area (Å²) in [7, 11) is -9.19. The third kappa shape index (κ3) is 8.84. The van der Waals surface area contributed by atoms with Gasteiger partial charge in [-0.15, -0.1) is 0 Å². The summed E-state index contributed by atoms with van der Waals surface area (Å²) in [5.74, 6) is -3.12. The number of carbonyl (C=O) groups is 3. The Morgan fingerprint density at radius 3 is 1.64 bits per heavy atom. The van der Waals surface area contributed by atoms with Gasteiger partial charge in [-0.25, -0.2) is 0 Å². The van der Waals surface area contributed by atoms with Gasteiger partial charge in [0.2, 0.25) is 0 Å². The molecule has 10 nitrogen and oxygen atoms in total. The Bertz CT molecular complexity index is 2720. The number of benzene rings is 3. The van der Waals surface area contributed by atoms with E-state index in [0.29, 0.717) is 25.7 Å². The monoisotopic (exact) mass is 910 g/mol. The first kappa shape index (κ1) is 48.4. The zero-order chi connectivity index (χ0) is 47.4. The number of allylic oxidation sites excluding steroid dienone is 8. The highest BCUT2D eigenvalue weighted by molar-refractivity contribution is 7.87. The van der Waals surface area contributed by atoms with Crippen molar-refractivity contribution in [2.24, 2.45) is 28.1 Å². The molecule has 64 heavy (non-hydrogen) atoms. The molecule has 0 aromatic heterocycles. The summed E-state index contributed by atoms with van der Waals surface area (Å²) in [6, 6.07) is 15.2. The van der Waals surface area contributed by atoms with Gasteiger partial charge in [0, 0.05) is 11.5 Å². The van der Waals surface area contributed by atoms with E-state index in [2.05, 4.69) is 12.2 Å². The fourth-order valence-electron chi connectivity index (χ4n) is 9.58. The fourth-order valence-corrected chi connectivity index (χ4v) is 11.5. The zero-order valence-electron chi connectivity index (χ0n) is 39.2. The standard InChI is InChI=1S/C52H62O10S2/c1-32(2)13-20-38-30-51-31-39(21-14-33(3)4)50(11,12)60-47(51)44(46(54)52(48(51)55,49(38,9)10)28-27-34(5)6)45(53)37-19-26-42(61-63(56,57)40-22-15-35(7)16-23-40)43(29-37)62-64(58,59)41-24-17-36(8)18-25-41/h13-19,22-27,29,38-39H,20-21,28,30-31H2,1-12H3/t38-,39+,51+,52+/m1/s1. The van der Waals surface area contributed by atoms with E-state index in [-0.39, 0.29) is 50.7 Å². The Hall–Kier alpha value is -5.07. The van der Waals surface area contributed by atoms with Gasteiger partial charge in [-0.3, -0.25) is 14.4 Å². The number of carbonyl (C=O) groups excluding carboxylic acids is 3. The van der Waals surface area contributed by atoms with E-state index in [0.717, 1.165) is 40.0 Å². The third-order valence-corrected chi connectivity index (χ3v) is 16.1. The van der Waals surface area contributed by atoms with Crippen molar-refractivity contribution in [1.29, 1.82) is 0 Å². The van der Waals surface area contributed by atoms with Crippen molar-refractivity contribution in [3.05, 3.63) is 130 Å². The number of aryl methyl sites for hydroxylation is 2. The van der Waals surface area contributed by atoms with Crippen LogP contribution in [0.25, 0.3) is 0 Å². The first-order chi connectivity index (χ1) is 29.7. The summed E-state index contributed by atoms with van der Waals surface area (Å²) in [6.07, 6.45) is 8.14.